The van der Waals surface area contributed by atoms with Crippen molar-refractivity contribution < 1.29 is 36.2 Å². The van der Waals surface area contributed by atoms with Gasteiger partial charge in [-0.2, -0.15) is 8.42 Å². The maximum Gasteiger partial charge on any atom is 0.418 e. The topological polar surface area (TPSA) is 116 Å². The molecule has 0 aromatic carbocycles. The maximum atomic E-state index is 11.6. The Bertz CT molecular complexity index is 722. The smallest absolute Gasteiger partial charge is 0.418 e. The fourth-order valence-electron chi connectivity index (χ4n) is 1.34. The molecule has 0 bridgehead atoms. The zero-order chi connectivity index (χ0) is 21.0. The largest absolute Gasteiger partial charge is 0.473 e. The van der Waals surface area contributed by atoms with Crippen LogP contribution in [0.4, 0.5) is 0 Å². The quantitative estimate of drug-likeness (QED) is 0.424. The highest BCUT2D eigenvalue weighted by Crippen LogP contribution is 2.19. The lowest BCUT2D eigenvalue weighted by Crippen LogP contribution is -2.33. The molecule has 0 unspecified atom stereocenters. The van der Waals surface area contributed by atoms with Gasteiger partial charge in [0, 0.05) is 0 Å². The first-order valence-corrected chi connectivity index (χ1v) is 8.43. The second-order valence-corrected chi connectivity index (χ2v) is 6.58. The van der Waals surface area contributed by atoms with Gasteiger partial charge in [-0.25, -0.2) is 18.0 Å². The summed E-state index contributed by atoms with van der Waals surface area (Å²) in [5, 5.41) is 7.87. The molecule has 0 aromatic rings. The molecule has 0 spiro atoms. The fraction of sp³-hybridized carbons (Fsp3) is 0.529. The highest BCUT2D eigenvalue weighted by Gasteiger charge is 2.31. The zero-order valence-corrected chi connectivity index (χ0v) is 16.3. The van der Waals surface area contributed by atoms with Gasteiger partial charge in [-0.3, -0.25) is 0 Å². The summed E-state index contributed by atoms with van der Waals surface area (Å²) >= 11 is 0. The van der Waals surface area contributed by atoms with Crippen molar-refractivity contribution in [1.29, 1.82) is 0 Å². The van der Waals surface area contributed by atoms with E-state index < -0.39 is 33.5 Å². The van der Waals surface area contributed by atoms with Gasteiger partial charge >= 0.3 is 22.3 Å². The number of carboxylic acids is 1. The highest BCUT2D eigenvalue weighted by molar-refractivity contribution is 7.82. The highest BCUT2D eigenvalue weighted by atomic mass is 32.3. The molecule has 0 radical (unpaired) electrons. The number of carbonyl (C=O) groups is 2. The Kier molecular flexibility index (Phi) is 11.1. The van der Waals surface area contributed by atoms with Crippen LogP contribution in [0.15, 0.2) is 0 Å². The number of carbonyl (C=O) groups excluding carboxylic acids is 1. The summed E-state index contributed by atoms with van der Waals surface area (Å²) < 4.78 is 37.0. The second kappa shape index (κ2) is 11.2. The third kappa shape index (κ3) is 13.9. The van der Waals surface area contributed by atoms with Crippen LogP contribution in [0.2, 0.25) is 0 Å². The third-order valence-corrected chi connectivity index (χ3v) is 3.18. The summed E-state index contributed by atoms with van der Waals surface area (Å²) in [4.78, 5) is 19.6. The summed E-state index contributed by atoms with van der Waals surface area (Å²) in [7, 11) is -4.15. The molecule has 0 saturated heterocycles. The minimum atomic E-state index is -4.15. The number of esters is 1. The van der Waals surface area contributed by atoms with Crippen LogP contribution in [0.1, 0.15) is 41.5 Å². The van der Waals surface area contributed by atoms with Gasteiger partial charge in [-0.05, 0) is 41.5 Å². The number of aliphatic carboxylic acids is 1. The molecule has 0 fully saturated rings. The molecule has 0 aromatic heterocycles. The normalized spacial score (nSPS) is 10.5. The number of terminal acetylenes is 1. The number of hydrogen-bond donors (Lipinski definition) is 1. The summed E-state index contributed by atoms with van der Waals surface area (Å²) in [6.07, 6.45) is 4.66. The monoisotopic (exact) mass is 386 g/mol. The van der Waals surface area contributed by atoms with Crippen molar-refractivity contribution in [2.24, 2.45) is 0 Å². The van der Waals surface area contributed by atoms with Crippen LogP contribution in [-0.4, -0.2) is 43.3 Å². The molecule has 0 aliphatic rings. The molecule has 0 saturated carbocycles. The van der Waals surface area contributed by atoms with Gasteiger partial charge in [-0.1, -0.05) is 17.8 Å². The average Bonchev–Trinajstić information content (AvgIpc) is 2.42. The first-order chi connectivity index (χ1) is 11.7. The van der Waals surface area contributed by atoms with Crippen LogP contribution in [0.25, 0.3) is 0 Å². The van der Waals surface area contributed by atoms with Gasteiger partial charge in [-0.15, -0.1) is 18.3 Å². The van der Waals surface area contributed by atoms with E-state index in [1.165, 1.54) is 0 Å². The van der Waals surface area contributed by atoms with Gasteiger partial charge < -0.3 is 9.84 Å². The van der Waals surface area contributed by atoms with Gasteiger partial charge in [0.1, 0.15) is 11.2 Å². The molecule has 144 valence electrons. The fourth-order valence-corrected chi connectivity index (χ4v) is 2.48. The Labute approximate surface area is 154 Å². The van der Waals surface area contributed by atoms with E-state index >= 15 is 0 Å². The van der Waals surface area contributed by atoms with E-state index in [2.05, 4.69) is 34.8 Å². The Morgan fingerprint density at radius 3 is 1.65 bits per heavy atom. The van der Waals surface area contributed by atoms with Crippen molar-refractivity contribution in [2.45, 2.75) is 52.7 Å². The molecule has 0 rings (SSSR count). The van der Waals surface area contributed by atoms with Crippen molar-refractivity contribution in [3.63, 3.8) is 0 Å². The molecule has 0 aliphatic carbocycles. The molecule has 0 amide bonds. The summed E-state index contributed by atoms with van der Waals surface area (Å²) in [6, 6.07) is 0. The first-order valence-electron chi connectivity index (χ1n) is 7.09. The Morgan fingerprint density at radius 2 is 1.38 bits per heavy atom. The second-order valence-electron chi connectivity index (χ2n) is 5.43. The average molecular weight is 386 g/mol. The van der Waals surface area contributed by atoms with Gasteiger partial charge in [0.25, 0.3) is 0 Å². The van der Waals surface area contributed by atoms with E-state index in [9.17, 15) is 18.0 Å². The van der Waals surface area contributed by atoms with E-state index in [4.69, 9.17) is 13.5 Å². The molecule has 0 aliphatic heterocycles. The lowest BCUT2D eigenvalue weighted by molar-refractivity contribution is -0.162. The minimum absolute atomic E-state index is 0.300. The van der Waals surface area contributed by atoms with Crippen LogP contribution in [0, 0.1) is 36.0 Å². The molecular formula is C17H22O8S. The first kappa shape index (κ1) is 25.7. The van der Waals surface area contributed by atoms with Crippen LogP contribution in [0.3, 0.4) is 0 Å². The lowest BCUT2D eigenvalue weighted by Gasteiger charge is -2.22. The Hall–Kier alpha value is -2.51. The number of rotatable bonds is 5. The van der Waals surface area contributed by atoms with Crippen molar-refractivity contribution >= 4 is 22.3 Å². The molecule has 8 nitrogen and oxygen atoms in total. The van der Waals surface area contributed by atoms with E-state index in [0.29, 0.717) is 0 Å². The predicted molar refractivity (Wildman–Crippen MR) is 93.6 cm³/mol. The lowest BCUT2D eigenvalue weighted by atomic mass is 10.1. The number of carboxylic acid groups (broad SMARTS) is 1. The maximum absolute atomic E-state index is 11.6. The molecule has 26 heavy (non-hydrogen) atoms. The van der Waals surface area contributed by atoms with Crippen molar-refractivity contribution in [3.05, 3.63) is 0 Å². The molecule has 0 atom stereocenters. The van der Waals surface area contributed by atoms with Gasteiger partial charge in [0.2, 0.25) is 0 Å². The molecule has 1 N–H and O–H groups in total. The standard InChI is InChI=1S/C12H18O4S.C5H4O4/c1-7-9-11(3,4)15-17(13,14)16-12(5,6)10-8-2;1-2-3-9-5(8)4(6)7/h1-6H3;1H,3H2,(H,6,7). The van der Waals surface area contributed by atoms with Crippen molar-refractivity contribution in [1.82, 2.24) is 0 Å². The SMILES string of the molecule is C#CCOC(=O)C(=O)O.CC#CC(C)(C)OS(=O)(=O)OC(C)(C)C#CC. The predicted octanol–water partition coefficient (Wildman–Crippen LogP) is 1.12. The van der Waals surface area contributed by atoms with Crippen LogP contribution < -0.4 is 0 Å². The zero-order valence-electron chi connectivity index (χ0n) is 15.5. The third-order valence-electron chi connectivity index (χ3n) is 1.93. The van der Waals surface area contributed by atoms with E-state index in [1.807, 2.05) is 5.92 Å². The van der Waals surface area contributed by atoms with Gasteiger partial charge in [0.15, 0.2) is 6.61 Å². The number of ether oxygens (including phenoxy) is 1. The van der Waals surface area contributed by atoms with Crippen LogP contribution in [-0.2, 0) is 33.1 Å². The van der Waals surface area contributed by atoms with Crippen molar-refractivity contribution in [2.75, 3.05) is 6.61 Å². The van der Waals surface area contributed by atoms with Gasteiger partial charge in [0.05, 0.1) is 0 Å². The Balaban J connectivity index is 0. The van der Waals surface area contributed by atoms with E-state index in [-0.39, 0.29) is 6.61 Å². The summed E-state index contributed by atoms with van der Waals surface area (Å²) in [5.74, 6) is 9.43. The summed E-state index contributed by atoms with van der Waals surface area (Å²) in [6.45, 7) is 9.08. The van der Waals surface area contributed by atoms with E-state index in [1.54, 1.807) is 41.5 Å². The number of hydrogen-bond acceptors (Lipinski definition) is 7. The van der Waals surface area contributed by atoms with Crippen LogP contribution >= 0.6 is 0 Å². The molecular weight excluding hydrogens is 364 g/mol. The van der Waals surface area contributed by atoms with Crippen LogP contribution in [0.5, 0.6) is 0 Å². The molecule has 0 heterocycles. The molecule has 9 heteroatoms. The Morgan fingerprint density at radius 1 is 1.00 bits per heavy atom. The minimum Gasteiger partial charge on any atom is -0.473 e. The van der Waals surface area contributed by atoms with Crippen molar-refractivity contribution in [3.8, 4) is 36.0 Å². The summed E-state index contributed by atoms with van der Waals surface area (Å²) in [5.41, 5.74) is -2.24. The van der Waals surface area contributed by atoms with E-state index in [0.717, 1.165) is 0 Å².